The Bertz CT molecular complexity index is 1160. The maximum atomic E-state index is 13.0. The number of rotatable bonds is 8. The summed E-state index contributed by atoms with van der Waals surface area (Å²) in [5.41, 5.74) is 3.13. The van der Waals surface area contributed by atoms with Crippen molar-refractivity contribution in [3.63, 3.8) is 0 Å². The van der Waals surface area contributed by atoms with Gasteiger partial charge in [0.05, 0.1) is 25.2 Å². The highest BCUT2D eigenvalue weighted by atomic mass is 32.2. The van der Waals surface area contributed by atoms with Crippen LogP contribution in [0, 0.1) is 13.8 Å². The van der Waals surface area contributed by atoms with E-state index < -0.39 is 22.6 Å². The predicted molar refractivity (Wildman–Crippen MR) is 125 cm³/mol. The Balaban J connectivity index is 1.69. The largest absolute Gasteiger partial charge is 0.496 e. The van der Waals surface area contributed by atoms with Gasteiger partial charge in [0.2, 0.25) is 10.0 Å². The fourth-order valence-electron chi connectivity index (χ4n) is 3.63. The summed E-state index contributed by atoms with van der Waals surface area (Å²) < 4.78 is 42.9. The number of nitrogens with zero attached hydrogens (tertiary/aromatic N) is 2. The third-order valence-corrected chi connectivity index (χ3v) is 7.55. The number of hydrogen-bond acceptors (Lipinski definition) is 7. The number of esters is 1. The summed E-state index contributed by atoms with van der Waals surface area (Å²) in [7, 11) is -0.818. The molecule has 9 nitrogen and oxygen atoms in total. The van der Waals surface area contributed by atoms with Crippen molar-refractivity contribution in [1.29, 1.82) is 0 Å². The Morgan fingerprint density at radius 1 is 1.09 bits per heavy atom. The second-order valence-corrected chi connectivity index (χ2v) is 10.1. The van der Waals surface area contributed by atoms with Crippen LogP contribution in [0.3, 0.4) is 0 Å². The minimum absolute atomic E-state index is 0.0551. The normalized spacial score (nSPS) is 14.5. The van der Waals surface area contributed by atoms with E-state index in [1.165, 1.54) is 34.5 Å². The van der Waals surface area contributed by atoms with Gasteiger partial charge in [0.1, 0.15) is 11.3 Å². The lowest BCUT2D eigenvalue weighted by atomic mass is 10.1. The molecule has 0 aliphatic carbocycles. The molecule has 2 aromatic rings. The molecule has 1 aliphatic heterocycles. The smallest absolute Gasteiger partial charge is 0.342 e. The van der Waals surface area contributed by atoms with Gasteiger partial charge >= 0.3 is 5.97 Å². The summed E-state index contributed by atoms with van der Waals surface area (Å²) >= 11 is 0. The molecule has 3 rings (SSSR count). The molecule has 0 radical (unpaired) electrons. The first-order chi connectivity index (χ1) is 16.1. The van der Waals surface area contributed by atoms with Crippen molar-refractivity contribution < 1.29 is 32.2 Å². The average molecular weight is 491 g/mol. The molecule has 1 aliphatic rings. The van der Waals surface area contributed by atoms with Gasteiger partial charge in [0, 0.05) is 26.7 Å². The Hall–Kier alpha value is -2.95. The SMILES string of the molecule is COc1ccc(S(=O)(=O)N2CCOCC2)cc1C(=O)OCC(=O)N(C)Cc1ccc(C)cc1C. The van der Waals surface area contributed by atoms with Crippen LogP contribution in [-0.4, -0.2) is 76.6 Å². The van der Waals surface area contributed by atoms with Gasteiger partial charge in [0.15, 0.2) is 6.61 Å². The molecular weight excluding hydrogens is 460 g/mol. The van der Waals surface area contributed by atoms with Crippen molar-refractivity contribution in [1.82, 2.24) is 9.21 Å². The van der Waals surface area contributed by atoms with Crippen molar-refractivity contribution in [3.8, 4) is 5.75 Å². The molecule has 0 aromatic heterocycles. The summed E-state index contributed by atoms with van der Waals surface area (Å²) in [4.78, 5) is 26.7. The molecule has 0 spiro atoms. The molecule has 0 N–H and O–H groups in total. The summed E-state index contributed by atoms with van der Waals surface area (Å²) in [5, 5.41) is 0. The van der Waals surface area contributed by atoms with Gasteiger partial charge in [-0.2, -0.15) is 4.31 Å². The van der Waals surface area contributed by atoms with Gasteiger partial charge in [0.25, 0.3) is 5.91 Å². The Morgan fingerprint density at radius 2 is 1.79 bits per heavy atom. The summed E-state index contributed by atoms with van der Waals surface area (Å²) in [6, 6.07) is 9.98. The second-order valence-electron chi connectivity index (χ2n) is 8.13. The zero-order valence-electron chi connectivity index (χ0n) is 19.9. The quantitative estimate of drug-likeness (QED) is 0.523. The Morgan fingerprint density at radius 3 is 2.44 bits per heavy atom. The van der Waals surface area contributed by atoms with Gasteiger partial charge in [-0.1, -0.05) is 23.8 Å². The molecule has 0 saturated carbocycles. The molecule has 34 heavy (non-hydrogen) atoms. The molecule has 2 aromatic carbocycles. The third-order valence-electron chi connectivity index (χ3n) is 5.66. The lowest BCUT2D eigenvalue weighted by molar-refractivity contribution is -0.133. The van der Waals surface area contributed by atoms with Gasteiger partial charge in [-0.15, -0.1) is 0 Å². The van der Waals surface area contributed by atoms with Crippen molar-refractivity contribution in [2.75, 3.05) is 47.1 Å². The molecule has 0 bridgehead atoms. The van der Waals surface area contributed by atoms with Gasteiger partial charge in [-0.3, -0.25) is 4.79 Å². The number of benzene rings is 2. The highest BCUT2D eigenvalue weighted by Gasteiger charge is 2.28. The monoisotopic (exact) mass is 490 g/mol. The number of ether oxygens (including phenoxy) is 3. The molecule has 0 atom stereocenters. The van der Waals surface area contributed by atoms with Crippen LogP contribution in [0.2, 0.25) is 0 Å². The average Bonchev–Trinajstić information content (AvgIpc) is 2.84. The topological polar surface area (TPSA) is 102 Å². The van der Waals surface area contributed by atoms with Gasteiger partial charge in [-0.05, 0) is 43.2 Å². The zero-order valence-corrected chi connectivity index (χ0v) is 20.7. The number of morpholine rings is 1. The van der Waals surface area contributed by atoms with E-state index in [1.807, 2.05) is 32.0 Å². The van der Waals surface area contributed by atoms with E-state index in [1.54, 1.807) is 7.05 Å². The van der Waals surface area contributed by atoms with Crippen LogP contribution in [0.25, 0.3) is 0 Å². The predicted octanol–water partition coefficient (Wildman–Crippen LogP) is 2.15. The number of hydrogen-bond donors (Lipinski definition) is 0. The summed E-state index contributed by atoms with van der Waals surface area (Å²) in [5.74, 6) is -1.07. The lowest BCUT2D eigenvalue weighted by Crippen LogP contribution is -2.40. The molecule has 1 saturated heterocycles. The first kappa shape index (κ1) is 25.7. The number of carbonyl (C=O) groups is 2. The summed E-state index contributed by atoms with van der Waals surface area (Å²) in [6.07, 6.45) is 0. The molecular formula is C24H30N2O7S. The van der Waals surface area contributed by atoms with E-state index in [0.717, 1.165) is 16.7 Å². The van der Waals surface area contributed by atoms with Crippen LogP contribution < -0.4 is 4.74 Å². The molecule has 1 fully saturated rings. The van der Waals surface area contributed by atoms with Crippen LogP contribution in [0.5, 0.6) is 5.75 Å². The number of aryl methyl sites for hydroxylation is 2. The first-order valence-corrected chi connectivity index (χ1v) is 12.3. The number of sulfonamides is 1. The van der Waals surface area contributed by atoms with Crippen LogP contribution in [0.15, 0.2) is 41.3 Å². The zero-order chi connectivity index (χ0) is 24.9. The number of likely N-dealkylation sites (N-methyl/N-ethyl adjacent to an activating group) is 1. The van der Waals surface area contributed by atoms with Crippen molar-refractivity contribution in [2.45, 2.75) is 25.3 Å². The van der Waals surface area contributed by atoms with E-state index in [2.05, 4.69) is 0 Å². The third kappa shape index (κ3) is 5.94. The molecule has 184 valence electrons. The highest BCUT2D eigenvalue weighted by molar-refractivity contribution is 7.89. The first-order valence-electron chi connectivity index (χ1n) is 10.9. The van der Waals surface area contributed by atoms with Crippen LogP contribution in [0.4, 0.5) is 0 Å². The van der Waals surface area contributed by atoms with Crippen molar-refractivity contribution in [3.05, 3.63) is 58.7 Å². The van der Waals surface area contributed by atoms with Crippen LogP contribution >= 0.6 is 0 Å². The van der Waals surface area contributed by atoms with Crippen LogP contribution in [0.1, 0.15) is 27.0 Å². The number of methoxy groups -OCH3 is 1. The molecule has 0 unspecified atom stereocenters. The van der Waals surface area contributed by atoms with Gasteiger partial charge < -0.3 is 19.1 Å². The van der Waals surface area contributed by atoms with Gasteiger partial charge in [-0.25, -0.2) is 13.2 Å². The Labute approximate surface area is 200 Å². The Kier molecular flexibility index (Phi) is 8.29. The number of amides is 1. The minimum Gasteiger partial charge on any atom is -0.496 e. The summed E-state index contributed by atoms with van der Waals surface area (Å²) in [6.45, 7) is 4.95. The van der Waals surface area contributed by atoms with E-state index in [9.17, 15) is 18.0 Å². The second kappa shape index (κ2) is 11.0. The maximum Gasteiger partial charge on any atom is 0.342 e. The van der Waals surface area contributed by atoms with Crippen molar-refractivity contribution >= 4 is 21.9 Å². The standard InChI is InChI=1S/C24H30N2O7S/c1-17-5-6-19(18(2)13-17)15-25(3)23(27)16-33-24(28)21-14-20(7-8-22(21)31-4)34(29,30)26-9-11-32-12-10-26/h5-8,13-14H,9-12,15-16H2,1-4H3. The van der Waals surface area contributed by atoms with Crippen LogP contribution in [-0.2, 0) is 30.8 Å². The maximum absolute atomic E-state index is 13.0. The van der Waals surface area contributed by atoms with E-state index in [0.29, 0.717) is 19.8 Å². The van der Waals surface area contributed by atoms with Crippen molar-refractivity contribution in [2.24, 2.45) is 0 Å². The van der Waals surface area contributed by atoms with E-state index >= 15 is 0 Å². The highest BCUT2D eigenvalue weighted by Crippen LogP contribution is 2.26. The fraction of sp³-hybridized carbons (Fsp3) is 0.417. The number of carbonyl (C=O) groups excluding carboxylic acids is 2. The molecule has 1 heterocycles. The fourth-order valence-corrected chi connectivity index (χ4v) is 5.06. The van der Waals surface area contributed by atoms with E-state index in [-0.39, 0.29) is 35.2 Å². The molecule has 10 heteroatoms. The minimum atomic E-state index is -3.81. The van der Waals surface area contributed by atoms with E-state index in [4.69, 9.17) is 14.2 Å². The molecule has 1 amide bonds. The lowest BCUT2D eigenvalue weighted by Gasteiger charge is -2.26.